The Hall–Kier alpha value is -0.250. The zero-order valence-corrected chi connectivity index (χ0v) is 16.3. The monoisotopic (exact) mass is 461 g/mol. The molecular formula is C16H27F3IN3O. The van der Waals surface area contributed by atoms with Gasteiger partial charge in [-0.25, -0.2) is 0 Å². The highest BCUT2D eigenvalue weighted by atomic mass is 127. The third-order valence-corrected chi connectivity index (χ3v) is 5.51. The molecule has 2 heterocycles. The molecule has 2 aliphatic heterocycles. The molecule has 0 radical (unpaired) electrons. The summed E-state index contributed by atoms with van der Waals surface area (Å²) in [6, 6.07) is 0.227. The summed E-state index contributed by atoms with van der Waals surface area (Å²) < 4.78 is 45.2. The molecule has 0 amide bonds. The molecule has 3 fully saturated rings. The molecule has 140 valence electrons. The van der Waals surface area contributed by atoms with Crippen LogP contribution in [-0.4, -0.2) is 44.0 Å². The Morgan fingerprint density at radius 1 is 1.17 bits per heavy atom. The van der Waals surface area contributed by atoms with Gasteiger partial charge >= 0.3 is 6.18 Å². The van der Waals surface area contributed by atoms with Gasteiger partial charge in [0.25, 0.3) is 0 Å². The first-order valence-electron chi connectivity index (χ1n) is 8.66. The van der Waals surface area contributed by atoms with Crippen molar-refractivity contribution in [2.45, 2.75) is 69.4 Å². The summed E-state index contributed by atoms with van der Waals surface area (Å²) in [5.74, 6) is -0.955. The van der Waals surface area contributed by atoms with E-state index in [9.17, 15) is 13.2 Å². The predicted octanol–water partition coefficient (Wildman–Crippen LogP) is 3.46. The minimum atomic E-state index is -4.10. The summed E-state index contributed by atoms with van der Waals surface area (Å²) in [7, 11) is 1.66. The topological polar surface area (TPSA) is 45.7 Å². The highest BCUT2D eigenvalue weighted by molar-refractivity contribution is 14.0. The van der Waals surface area contributed by atoms with E-state index in [2.05, 4.69) is 15.6 Å². The van der Waals surface area contributed by atoms with Crippen LogP contribution in [0.2, 0.25) is 0 Å². The molecular weight excluding hydrogens is 434 g/mol. The molecule has 0 aromatic rings. The van der Waals surface area contributed by atoms with Crippen LogP contribution < -0.4 is 10.6 Å². The predicted molar refractivity (Wildman–Crippen MR) is 97.7 cm³/mol. The Labute approximate surface area is 158 Å². The number of nitrogens with one attached hydrogen (secondary N) is 2. The van der Waals surface area contributed by atoms with E-state index < -0.39 is 12.1 Å². The second-order valence-electron chi connectivity index (χ2n) is 7.01. The van der Waals surface area contributed by atoms with Crippen LogP contribution in [0.5, 0.6) is 0 Å². The first kappa shape index (κ1) is 20.1. The van der Waals surface area contributed by atoms with Crippen LogP contribution >= 0.6 is 24.0 Å². The van der Waals surface area contributed by atoms with Crippen LogP contribution in [0.15, 0.2) is 4.99 Å². The van der Waals surface area contributed by atoms with Crippen molar-refractivity contribution in [1.82, 2.24) is 10.6 Å². The SMILES string of the molecule is CN=C(NCC1CCCCC1C(F)(F)F)NC1CC2CCC1O2.I. The Bertz CT molecular complexity index is 447. The molecule has 1 saturated carbocycles. The molecule has 0 aromatic carbocycles. The summed E-state index contributed by atoms with van der Waals surface area (Å²) in [6.07, 6.45) is 2.03. The van der Waals surface area contributed by atoms with Crippen molar-refractivity contribution in [3.05, 3.63) is 0 Å². The number of nitrogens with zero attached hydrogens (tertiary/aromatic N) is 1. The maximum atomic E-state index is 13.1. The Morgan fingerprint density at radius 2 is 1.92 bits per heavy atom. The fourth-order valence-electron chi connectivity index (χ4n) is 4.27. The second kappa shape index (κ2) is 8.42. The Kier molecular flexibility index (Phi) is 7.04. The summed E-state index contributed by atoms with van der Waals surface area (Å²) >= 11 is 0. The molecule has 1 aliphatic carbocycles. The van der Waals surface area contributed by atoms with E-state index in [0.29, 0.717) is 31.4 Å². The first-order valence-corrected chi connectivity index (χ1v) is 8.66. The molecule has 5 unspecified atom stereocenters. The standard InChI is InChI=1S/C16H26F3N3O.HI/c1-20-15(22-13-8-11-6-7-14(13)23-11)21-9-10-4-2-3-5-12(10)16(17,18)19;/h10-14H,2-9H2,1H3,(H2,20,21,22);1H. The van der Waals surface area contributed by atoms with E-state index >= 15 is 0 Å². The van der Waals surface area contributed by atoms with Gasteiger partial charge in [0.1, 0.15) is 0 Å². The molecule has 0 spiro atoms. The number of aliphatic imine (C=N–C) groups is 1. The summed E-state index contributed by atoms with van der Waals surface area (Å²) in [5.41, 5.74) is 0. The van der Waals surface area contributed by atoms with Crippen molar-refractivity contribution < 1.29 is 17.9 Å². The van der Waals surface area contributed by atoms with Crippen molar-refractivity contribution in [2.75, 3.05) is 13.6 Å². The molecule has 2 N–H and O–H groups in total. The third-order valence-electron chi connectivity index (χ3n) is 5.51. The van der Waals surface area contributed by atoms with E-state index in [-0.39, 0.29) is 48.5 Å². The van der Waals surface area contributed by atoms with Crippen molar-refractivity contribution in [3.63, 3.8) is 0 Å². The lowest BCUT2D eigenvalue weighted by Gasteiger charge is -2.33. The Balaban J connectivity index is 0.00000208. The van der Waals surface area contributed by atoms with Crippen molar-refractivity contribution in [1.29, 1.82) is 0 Å². The summed E-state index contributed by atoms with van der Waals surface area (Å²) in [4.78, 5) is 4.16. The molecule has 3 aliphatic rings. The average molecular weight is 461 g/mol. The maximum Gasteiger partial charge on any atom is 0.392 e. The van der Waals surface area contributed by atoms with Gasteiger partial charge < -0.3 is 15.4 Å². The van der Waals surface area contributed by atoms with Crippen molar-refractivity contribution in [3.8, 4) is 0 Å². The minimum absolute atomic E-state index is 0. The lowest BCUT2D eigenvalue weighted by atomic mass is 9.79. The second-order valence-corrected chi connectivity index (χ2v) is 7.01. The lowest BCUT2D eigenvalue weighted by molar-refractivity contribution is -0.195. The van der Waals surface area contributed by atoms with Crippen molar-refractivity contribution >= 4 is 29.9 Å². The molecule has 2 bridgehead atoms. The van der Waals surface area contributed by atoms with Gasteiger partial charge in [0.15, 0.2) is 5.96 Å². The number of hydrogen-bond acceptors (Lipinski definition) is 2. The minimum Gasteiger partial charge on any atom is -0.373 e. The maximum absolute atomic E-state index is 13.1. The average Bonchev–Trinajstić information content (AvgIpc) is 3.13. The lowest BCUT2D eigenvalue weighted by Crippen LogP contribution is -2.49. The van der Waals surface area contributed by atoms with Gasteiger partial charge in [0.2, 0.25) is 0 Å². The summed E-state index contributed by atoms with van der Waals surface area (Å²) in [6.45, 7) is 0.325. The highest BCUT2D eigenvalue weighted by Gasteiger charge is 2.45. The normalized spacial score (nSPS) is 36.3. The number of fused-ring (bicyclic) bond motifs is 2. The largest absolute Gasteiger partial charge is 0.392 e. The number of hydrogen-bond donors (Lipinski definition) is 2. The molecule has 8 heteroatoms. The smallest absolute Gasteiger partial charge is 0.373 e. The van der Waals surface area contributed by atoms with E-state index in [4.69, 9.17) is 4.74 Å². The number of alkyl halides is 3. The van der Waals surface area contributed by atoms with Crippen LogP contribution in [0.25, 0.3) is 0 Å². The van der Waals surface area contributed by atoms with Crippen LogP contribution in [0.1, 0.15) is 44.9 Å². The van der Waals surface area contributed by atoms with Crippen LogP contribution in [-0.2, 0) is 4.74 Å². The van der Waals surface area contributed by atoms with Crippen LogP contribution in [0, 0.1) is 11.8 Å². The molecule has 0 aromatic heterocycles. The van der Waals surface area contributed by atoms with Gasteiger partial charge in [0.05, 0.1) is 24.2 Å². The van der Waals surface area contributed by atoms with Crippen LogP contribution in [0.4, 0.5) is 13.2 Å². The van der Waals surface area contributed by atoms with E-state index in [0.717, 1.165) is 25.7 Å². The number of halogens is 4. The number of ether oxygens (including phenoxy) is 1. The molecule has 3 rings (SSSR count). The number of rotatable bonds is 3. The Morgan fingerprint density at radius 3 is 2.50 bits per heavy atom. The zero-order chi connectivity index (χ0) is 16.4. The van der Waals surface area contributed by atoms with Crippen molar-refractivity contribution in [2.24, 2.45) is 16.8 Å². The molecule has 5 atom stereocenters. The van der Waals surface area contributed by atoms with Gasteiger partial charge in [-0.2, -0.15) is 13.2 Å². The van der Waals surface area contributed by atoms with Gasteiger partial charge in [-0.05, 0) is 38.0 Å². The quantitative estimate of drug-likeness (QED) is 0.385. The third kappa shape index (κ3) is 4.68. The van der Waals surface area contributed by atoms with Gasteiger partial charge in [-0.15, -0.1) is 24.0 Å². The summed E-state index contributed by atoms with van der Waals surface area (Å²) in [5, 5.41) is 6.43. The first-order chi connectivity index (χ1) is 11.0. The highest BCUT2D eigenvalue weighted by Crippen LogP contribution is 2.41. The fraction of sp³-hybridized carbons (Fsp3) is 0.938. The van der Waals surface area contributed by atoms with Gasteiger partial charge in [0, 0.05) is 13.6 Å². The zero-order valence-electron chi connectivity index (χ0n) is 13.9. The molecule has 2 saturated heterocycles. The van der Waals surface area contributed by atoms with E-state index in [1.165, 1.54) is 0 Å². The van der Waals surface area contributed by atoms with E-state index in [1.54, 1.807) is 7.05 Å². The van der Waals surface area contributed by atoms with Crippen LogP contribution in [0.3, 0.4) is 0 Å². The fourth-order valence-corrected chi connectivity index (χ4v) is 4.27. The molecule has 24 heavy (non-hydrogen) atoms. The van der Waals surface area contributed by atoms with Gasteiger partial charge in [-0.3, -0.25) is 4.99 Å². The number of guanidine groups is 1. The molecule has 4 nitrogen and oxygen atoms in total. The van der Waals surface area contributed by atoms with E-state index in [1.807, 2.05) is 0 Å². The van der Waals surface area contributed by atoms with Gasteiger partial charge in [-0.1, -0.05) is 12.8 Å².